The maximum atomic E-state index is 10.1. The standard InChI is InChI=1S/C15H23NO2/c1-3-18-14-8-12(9-14)7-13(17)10-15-11(2)5-4-6-16-15/h4-6,12-14,17H,3,7-10H2,1-2H3. The molecule has 1 unspecified atom stereocenters. The van der Waals surface area contributed by atoms with Crippen molar-refractivity contribution in [3.05, 3.63) is 29.6 Å². The number of aliphatic hydroxyl groups excluding tert-OH is 1. The monoisotopic (exact) mass is 249 g/mol. The summed E-state index contributed by atoms with van der Waals surface area (Å²) in [6.45, 7) is 4.88. The van der Waals surface area contributed by atoms with Crippen LogP contribution < -0.4 is 0 Å². The van der Waals surface area contributed by atoms with Crippen LogP contribution in [-0.2, 0) is 11.2 Å². The fraction of sp³-hybridized carbons (Fsp3) is 0.667. The van der Waals surface area contributed by atoms with Crippen LogP contribution in [-0.4, -0.2) is 28.9 Å². The number of hydrogen-bond acceptors (Lipinski definition) is 3. The lowest BCUT2D eigenvalue weighted by atomic mass is 9.78. The number of ether oxygens (including phenoxy) is 1. The third-order valence-electron chi connectivity index (χ3n) is 3.75. The predicted octanol–water partition coefficient (Wildman–Crippen LogP) is 2.50. The first-order valence-corrected chi connectivity index (χ1v) is 6.89. The van der Waals surface area contributed by atoms with Crippen molar-refractivity contribution in [2.45, 2.75) is 51.7 Å². The third kappa shape index (κ3) is 3.53. The van der Waals surface area contributed by atoms with Crippen LogP contribution in [0, 0.1) is 12.8 Å². The van der Waals surface area contributed by atoms with E-state index in [0.29, 0.717) is 18.4 Å². The Kier molecular flexibility index (Phi) is 4.72. The molecule has 2 rings (SSSR count). The second-order valence-electron chi connectivity index (χ2n) is 5.28. The molecule has 1 saturated carbocycles. The molecular weight excluding hydrogens is 226 g/mol. The number of rotatable bonds is 6. The fourth-order valence-corrected chi connectivity index (χ4v) is 2.66. The second-order valence-corrected chi connectivity index (χ2v) is 5.28. The van der Waals surface area contributed by atoms with E-state index in [-0.39, 0.29) is 6.10 Å². The molecule has 3 heteroatoms. The molecule has 0 spiro atoms. The minimum Gasteiger partial charge on any atom is -0.393 e. The van der Waals surface area contributed by atoms with Crippen molar-refractivity contribution in [2.24, 2.45) is 5.92 Å². The minimum absolute atomic E-state index is 0.272. The average molecular weight is 249 g/mol. The van der Waals surface area contributed by atoms with Crippen LogP contribution in [0.25, 0.3) is 0 Å². The SMILES string of the molecule is CCOC1CC(CC(O)Cc2ncccc2C)C1. The van der Waals surface area contributed by atoms with Gasteiger partial charge in [-0.1, -0.05) is 6.07 Å². The largest absolute Gasteiger partial charge is 0.393 e. The number of pyridine rings is 1. The number of aliphatic hydroxyl groups is 1. The Balaban J connectivity index is 1.73. The van der Waals surface area contributed by atoms with Crippen LogP contribution in [0.4, 0.5) is 0 Å². The van der Waals surface area contributed by atoms with E-state index in [4.69, 9.17) is 4.74 Å². The highest BCUT2D eigenvalue weighted by Crippen LogP contribution is 2.34. The van der Waals surface area contributed by atoms with Crippen molar-refractivity contribution in [3.63, 3.8) is 0 Å². The van der Waals surface area contributed by atoms with Gasteiger partial charge >= 0.3 is 0 Å². The molecule has 100 valence electrons. The maximum absolute atomic E-state index is 10.1. The summed E-state index contributed by atoms with van der Waals surface area (Å²) in [5.74, 6) is 0.626. The molecule has 0 bridgehead atoms. The predicted molar refractivity (Wildman–Crippen MR) is 71.4 cm³/mol. The summed E-state index contributed by atoms with van der Waals surface area (Å²) in [5, 5.41) is 10.1. The lowest BCUT2D eigenvalue weighted by Crippen LogP contribution is -2.34. The van der Waals surface area contributed by atoms with Crippen molar-refractivity contribution in [2.75, 3.05) is 6.61 Å². The Morgan fingerprint density at radius 2 is 2.28 bits per heavy atom. The summed E-state index contributed by atoms with van der Waals surface area (Å²) < 4.78 is 5.53. The molecule has 18 heavy (non-hydrogen) atoms. The van der Waals surface area contributed by atoms with Gasteiger partial charge in [0.05, 0.1) is 12.2 Å². The molecule has 1 N–H and O–H groups in total. The Hall–Kier alpha value is -0.930. The smallest absolute Gasteiger partial charge is 0.0598 e. The molecule has 0 aromatic carbocycles. The zero-order valence-electron chi connectivity index (χ0n) is 11.3. The van der Waals surface area contributed by atoms with Gasteiger partial charge in [0, 0.05) is 24.9 Å². The average Bonchev–Trinajstić information content (AvgIpc) is 2.29. The van der Waals surface area contributed by atoms with Crippen LogP contribution in [0.5, 0.6) is 0 Å². The van der Waals surface area contributed by atoms with Gasteiger partial charge in [0.1, 0.15) is 0 Å². The van der Waals surface area contributed by atoms with Crippen LogP contribution >= 0.6 is 0 Å². The molecule has 1 aliphatic carbocycles. The van der Waals surface area contributed by atoms with Gasteiger partial charge in [0.15, 0.2) is 0 Å². The molecule has 1 atom stereocenters. The van der Waals surface area contributed by atoms with Crippen molar-refractivity contribution in [1.82, 2.24) is 4.98 Å². The fourth-order valence-electron chi connectivity index (χ4n) is 2.66. The Bertz CT molecular complexity index is 375. The molecule has 1 aliphatic rings. The number of aromatic nitrogens is 1. The topological polar surface area (TPSA) is 42.4 Å². The van der Waals surface area contributed by atoms with E-state index in [2.05, 4.69) is 4.98 Å². The minimum atomic E-state index is -0.272. The van der Waals surface area contributed by atoms with E-state index in [9.17, 15) is 5.11 Å². The summed E-state index contributed by atoms with van der Waals surface area (Å²) in [6, 6.07) is 3.98. The lowest BCUT2D eigenvalue weighted by molar-refractivity contribution is -0.0376. The van der Waals surface area contributed by atoms with Crippen molar-refractivity contribution < 1.29 is 9.84 Å². The molecule has 3 nitrogen and oxygen atoms in total. The summed E-state index contributed by atoms with van der Waals surface area (Å²) in [5.41, 5.74) is 2.18. The van der Waals surface area contributed by atoms with E-state index in [1.54, 1.807) is 6.20 Å². The van der Waals surface area contributed by atoms with E-state index in [1.165, 1.54) is 0 Å². The molecule has 0 radical (unpaired) electrons. The van der Waals surface area contributed by atoms with Gasteiger partial charge in [-0.3, -0.25) is 4.98 Å². The van der Waals surface area contributed by atoms with Gasteiger partial charge in [0.25, 0.3) is 0 Å². The molecule has 0 aliphatic heterocycles. The van der Waals surface area contributed by atoms with Crippen molar-refractivity contribution >= 4 is 0 Å². The first-order valence-electron chi connectivity index (χ1n) is 6.89. The van der Waals surface area contributed by atoms with Gasteiger partial charge in [-0.05, 0) is 50.7 Å². The normalized spacial score (nSPS) is 24.6. The maximum Gasteiger partial charge on any atom is 0.0598 e. The van der Waals surface area contributed by atoms with Gasteiger partial charge in [-0.2, -0.15) is 0 Å². The molecule has 1 heterocycles. The summed E-state index contributed by atoms with van der Waals surface area (Å²) in [6.07, 6.45) is 5.71. The van der Waals surface area contributed by atoms with Crippen LogP contribution in [0.1, 0.15) is 37.4 Å². The van der Waals surface area contributed by atoms with E-state index < -0.39 is 0 Å². The molecule has 1 aromatic rings. The lowest BCUT2D eigenvalue weighted by Gasteiger charge is -2.36. The van der Waals surface area contributed by atoms with Gasteiger partial charge in [0.2, 0.25) is 0 Å². The molecule has 1 fully saturated rings. The quantitative estimate of drug-likeness (QED) is 0.842. The molecular formula is C15H23NO2. The van der Waals surface area contributed by atoms with E-state index in [1.807, 2.05) is 26.0 Å². The first-order chi connectivity index (χ1) is 8.69. The van der Waals surface area contributed by atoms with E-state index in [0.717, 1.165) is 37.1 Å². The number of hydrogen-bond donors (Lipinski definition) is 1. The number of nitrogens with zero attached hydrogens (tertiary/aromatic N) is 1. The molecule has 0 amide bonds. The second kappa shape index (κ2) is 6.30. The summed E-state index contributed by atoms with van der Waals surface area (Å²) in [7, 11) is 0. The summed E-state index contributed by atoms with van der Waals surface area (Å²) >= 11 is 0. The van der Waals surface area contributed by atoms with Gasteiger partial charge in [-0.15, -0.1) is 0 Å². The van der Waals surface area contributed by atoms with Crippen LogP contribution in [0.15, 0.2) is 18.3 Å². The highest BCUT2D eigenvalue weighted by molar-refractivity contribution is 5.18. The molecule has 1 aromatic heterocycles. The third-order valence-corrected chi connectivity index (χ3v) is 3.75. The van der Waals surface area contributed by atoms with Crippen LogP contribution in [0.2, 0.25) is 0 Å². The molecule has 0 saturated heterocycles. The summed E-state index contributed by atoms with van der Waals surface area (Å²) in [4.78, 5) is 4.33. The van der Waals surface area contributed by atoms with Gasteiger partial charge in [-0.25, -0.2) is 0 Å². The van der Waals surface area contributed by atoms with Crippen molar-refractivity contribution in [3.8, 4) is 0 Å². The highest BCUT2D eigenvalue weighted by atomic mass is 16.5. The van der Waals surface area contributed by atoms with Crippen LogP contribution in [0.3, 0.4) is 0 Å². The Morgan fingerprint density at radius 3 is 2.94 bits per heavy atom. The van der Waals surface area contributed by atoms with Gasteiger partial charge < -0.3 is 9.84 Å². The number of aryl methyl sites for hydroxylation is 1. The Labute approximate surface area is 109 Å². The Morgan fingerprint density at radius 1 is 1.50 bits per heavy atom. The zero-order chi connectivity index (χ0) is 13.0. The highest BCUT2D eigenvalue weighted by Gasteiger charge is 2.31. The van der Waals surface area contributed by atoms with E-state index >= 15 is 0 Å². The first kappa shape index (κ1) is 13.5. The zero-order valence-corrected chi connectivity index (χ0v) is 11.3. The van der Waals surface area contributed by atoms with Crippen molar-refractivity contribution in [1.29, 1.82) is 0 Å².